The second kappa shape index (κ2) is 7.64. The number of hydrogen-bond acceptors (Lipinski definition) is 3. The van der Waals surface area contributed by atoms with E-state index in [1.54, 1.807) is 12.3 Å². The van der Waals surface area contributed by atoms with E-state index < -0.39 is 0 Å². The summed E-state index contributed by atoms with van der Waals surface area (Å²) in [7, 11) is 0. The van der Waals surface area contributed by atoms with Crippen LogP contribution >= 0.6 is 0 Å². The van der Waals surface area contributed by atoms with Crippen LogP contribution in [-0.2, 0) is 16.0 Å². The molecule has 3 heterocycles. The van der Waals surface area contributed by atoms with E-state index in [1.807, 2.05) is 15.9 Å². The summed E-state index contributed by atoms with van der Waals surface area (Å²) >= 11 is 0. The van der Waals surface area contributed by atoms with Gasteiger partial charge >= 0.3 is 0 Å². The number of likely N-dealkylation sites (tertiary alicyclic amines) is 2. The number of amides is 2. The first-order valence-electron chi connectivity index (χ1n) is 8.85. The molecule has 0 radical (unpaired) electrons. The molecule has 24 heavy (non-hydrogen) atoms. The van der Waals surface area contributed by atoms with Crippen molar-refractivity contribution in [2.24, 2.45) is 5.92 Å². The smallest absolute Gasteiger partial charge is 0.247 e. The van der Waals surface area contributed by atoms with Crippen molar-refractivity contribution in [3.8, 4) is 0 Å². The van der Waals surface area contributed by atoms with E-state index >= 15 is 0 Å². The van der Waals surface area contributed by atoms with Gasteiger partial charge in [0.25, 0.3) is 0 Å². The van der Waals surface area contributed by atoms with Gasteiger partial charge in [-0.1, -0.05) is 6.07 Å². The quantitative estimate of drug-likeness (QED) is 0.880. The Hall–Kier alpha value is -2.11. The molecule has 1 atom stereocenters. The van der Waals surface area contributed by atoms with E-state index in [2.05, 4.69) is 4.98 Å². The van der Waals surface area contributed by atoms with E-state index in [1.165, 1.54) is 0 Å². The average molecular weight is 331 g/mol. The lowest BCUT2D eigenvalue weighted by Crippen LogP contribution is -2.39. The van der Waals surface area contributed by atoms with Crippen molar-refractivity contribution in [2.45, 2.75) is 38.5 Å². The summed E-state index contributed by atoms with van der Waals surface area (Å²) in [6.07, 6.45) is 6.70. The molecule has 130 valence electrons. The fourth-order valence-electron chi connectivity index (χ4n) is 3.62. The van der Waals surface area contributed by atoms with E-state index in [-0.39, 0.29) is 17.4 Å². The molecule has 6 nitrogen and oxygen atoms in total. The third-order valence-corrected chi connectivity index (χ3v) is 5.03. The molecule has 2 aliphatic rings. The molecule has 3 rings (SSSR count). The molecule has 1 aromatic rings. The van der Waals surface area contributed by atoms with Crippen LogP contribution < -0.4 is 5.56 Å². The van der Waals surface area contributed by atoms with Gasteiger partial charge in [0.2, 0.25) is 17.4 Å². The van der Waals surface area contributed by atoms with Gasteiger partial charge in [-0.05, 0) is 37.2 Å². The highest BCUT2D eigenvalue weighted by Gasteiger charge is 2.27. The zero-order chi connectivity index (χ0) is 16.9. The zero-order valence-electron chi connectivity index (χ0n) is 14.0. The summed E-state index contributed by atoms with van der Waals surface area (Å²) in [5.74, 6) is 0.778. The maximum atomic E-state index is 12.4. The van der Waals surface area contributed by atoms with E-state index in [0.717, 1.165) is 50.9 Å². The van der Waals surface area contributed by atoms with Gasteiger partial charge in [0, 0.05) is 51.3 Å². The standard InChI is InChI=1S/C18H25N3O3/c22-16-5-4-14(12-19-16)11-15-6-9-21(13-15)18(24)7-10-20-8-2-1-3-17(20)23/h4-5,12,15H,1-3,6-11,13H2,(H,19,22). The molecular formula is C18H25N3O3. The van der Waals surface area contributed by atoms with Crippen molar-refractivity contribution in [3.63, 3.8) is 0 Å². The van der Waals surface area contributed by atoms with E-state index in [9.17, 15) is 14.4 Å². The molecule has 1 unspecified atom stereocenters. The van der Waals surface area contributed by atoms with E-state index in [4.69, 9.17) is 0 Å². The lowest BCUT2D eigenvalue weighted by atomic mass is 10.00. The second-order valence-electron chi connectivity index (χ2n) is 6.85. The summed E-state index contributed by atoms with van der Waals surface area (Å²) in [5, 5.41) is 0. The van der Waals surface area contributed by atoms with Gasteiger partial charge in [-0.2, -0.15) is 0 Å². The van der Waals surface area contributed by atoms with Crippen molar-refractivity contribution in [1.29, 1.82) is 0 Å². The van der Waals surface area contributed by atoms with Gasteiger partial charge in [-0.3, -0.25) is 14.4 Å². The Morgan fingerprint density at radius 3 is 2.83 bits per heavy atom. The molecule has 2 fully saturated rings. The minimum atomic E-state index is -0.0887. The molecule has 0 aromatic carbocycles. The molecular weight excluding hydrogens is 306 g/mol. The van der Waals surface area contributed by atoms with Crippen molar-refractivity contribution >= 4 is 11.8 Å². The first-order valence-corrected chi connectivity index (χ1v) is 8.85. The van der Waals surface area contributed by atoms with Crippen LogP contribution in [-0.4, -0.2) is 52.8 Å². The molecule has 2 amide bonds. The Balaban J connectivity index is 1.44. The summed E-state index contributed by atoms with van der Waals surface area (Å²) in [5.41, 5.74) is 1.02. The number of pyridine rings is 1. The van der Waals surface area contributed by atoms with Crippen molar-refractivity contribution in [3.05, 3.63) is 34.2 Å². The topological polar surface area (TPSA) is 73.5 Å². The largest absolute Gasteiger partial charge is 0.342 e. The fourth-order valence-corrected chi connectivity index (χ4v) is 3.62. The number of aromatic amines is 1. The number of hydrogen-bond donors (Lipinski definition) is 1. The Morgan fingerprint density at radius 1 is 1.21 bits per heavy atom. The summed E-state index contributed by atoms with van der Waals surface area (Å²) in [6.45, 7) is 2.91. The van der Waals surface area contributed by atoms with Gasteiger partial charge in [-0.25, -0.2) is 0 Å². The fraction of sp³-hybridized carbons (Fsp3) is 0.611. The van der Waals surface area contributed by atoms with Gasteiger partial charge in [0.05, 0.1) is 0 Å². The first kappa shape index (κ1) is 16.7. The Labute approximate surface area is 141 Å². The minimum absolute atomic E-state index is 0.0887. The van der Waals surface area contributed by atoms with Gasteiger partial charge in [0.15, 0.2) is 0 Å². The molecule has 6 heteroatoms. The third-order valence-electron chi connectivity index (χ3n) is 5.03. The molecule has 0 aliphatic carbocycles. The monoisotopic (exact) mass is 331 g/mol. The van der Waals surface area contributed by atoms with Crippen LogP contribution in [0.1, 0.15) is 37.7 Å². The summed E-state index contributed by atoms with van der Waals surface area (Å²) in [4.78, 5) is 41.7. The molecule has 0 spiro atoms. The molecule has 2 saturated heterocycles. The minimum Gasteiger partial charge on any atom is -0.342 e. The van der Waals surface area contributed by atoms with Crippen LogP contribution in [0.3, 0.4) is 0 Å². The SMILES string of the molecule is O=C1CCCCN1CCC(=O)N1CCC(Cc2ccc(=O)[nH]c2)C1. The van der Waals surface area contributed by atoms with Gasteiger partial charge < -0.3 is 14.8 Å². The predicted octanol–water partition coefficient (Wildman–Crippen LogP) is 1.17. The Morgan fingerprint density at radius 2 is 2.08 bits per heavy atom. The maximum absolute atomic E-state index is 12.4. The highest BCUT2D eigenvalue weighted by atomic mass is 16.2. The highest BCUT2D eigenvalue weighted by Crippen LogP contribution is 2.21. The van der Waals surface area contributed by atoms with Crippen LogP contribution in [0.2, 0.25) is 0 Å². The summed E-state index contributed by atoms with van der Waals surface area (Å²) < 4.78 is 0. The lowest BCUT2D eigenvalue weighted by molar-refractivity contribution is -0.135. The van der Waals surface area contributed by atoms with Crippen LogP contribution in [0.4, 0.5) is 0 Å². The number of piperidine rings is 1. The Bertz CT molecular complexity index is 635. The van der Waals surface area contributed by atoms with Crippen molar-refractivity contribution in [2.75, 3.05) is 26.2 Å². The van der Waals surface area contributed by atoms with Gasteiger partial charge in [0.1, 0.15) is 0 Å². The van der Waals surface area contributed by atoms with E-state index in [0.29, 0.717) is 25.3 Å². The number of rotatable bonds is 5. The van der Waals surface area contributed by atoms with Crippen LogP contribution in [0, 0.1) is 5.92 Å². The number of aromatic nitrogens is 1. The molecule has 2 aliphatic heterocycles. The first-order chi connectivity index (χ1) is 11.6. The zero-order valence-corrected chi connectivity index (χ0v) is 14.0. The number of carbonyl (C=O) groups is 2. The van der Waals surface area contributed by atoms with Gasteiger partial charge in [-0.15, -0.1) is 0 Å². The van der Waals surface area contributed by atoms with Crippen LogP contribution in [0.15, 0.2) is 23.1 Å². The lowest BCUT2D eigenvalue weighted by Gasteiger charge is -2.27. The molecule has 0 saturated carbocycles. The Kier molecular flexibility index (Phi) is 5.33. The van der Waals surface area contributed by atoms with Crippen LogP contribution in [0.5, 0.6) is 0 Å². The normalized spacial score (nSPS) is 21.3. The molecule has 0 bridgehead atoms. The molecule has 1 N–H and O–H groups in total. The summed E-state index contributed by atoms with van der Waals surface area (Å²) in [6, 6.07) is 3.40. The second-order valence-corrected chi connectivity index (χ2v) is 6.85. The highest BCUT2D eigenvalue weighted by molar-refractivity contribution is 5.79. The third kappa shape index (κ3) is 4.24. The predicted molar refractivity (Wildman–Crippen MR) is 90.5 cm³/mol. The number of nitrogens with zero attached hydrogens (tertiary/aromatic N) is 2. The van der Waals surface area contributed by atoms with Crippen LogP contribution in [0.25, 0.3) is 0 Å². The molecule has 1 aromatic heterocycles. The number of H-pyrrole nitrogens is 1. The average Bonchev–Trinajstić information content (AvgIpc) is 3.05. The van der Waals surface area contributed by atoms with Crippen molar-refractivity contribution in [1.82, 2.24) is 14.8 Å². The van der Waals surface area contributed by atoms with Crippen molar-refractivity contribution < 1.29 is 9.59 Å². The number of carbonyl (C=O) groups excluding carboxylic acids is 2. The number of nitrogens with one attached hydrogen (secondary N) is 1. The maximum Gasteiger partial charge on any atom is 0.247 e.